The first kappa shape index (κ1) is 17.6. The van der Waals surface area contributed by atoms with E-state index in [0.29, 0.717) is 36.1 Å². The highest BCUT2D eigenvalue weighted by molar-refractivity contribution is 5.93. The number of rotatable bonds is 5. The maximum atomic E-state index is 13.1. The Bertz CT molecular complexity index is 923. The largest absolute Gasteiger partial charge is 0.354 e. The zero-order chi connectivity index (χ0) is 18.7. The van der Waals surface area contributed by atoms with E-state index < -0.39 is 0 Å². The average Bonchev–Trinajstić information content (AvgIpc) is 2.98. The molecule has 0 radical (unpaired) electrons. The Balaban J connectivity index is 1.93. The van der Waals surface area contributed by atoms with Crippen molar-refractivity contribution in [1.82, 2.24) is 25.1 Å². The number of hydrogen-bond acceptors (Lipinski definition) is 5. The zero-order valence-corrected chi connectivity index (χ0v) is 14.8. The summed E-state index contributed by atoms with van der Waals surface area (Å²) in [6.45, 7) is 4.66. The first-order valence-corrected chi connectivity index (χ1v) is 8.21. The van der Waals surface area contributed by atoms with Gasteiger partial charge in [-0.15, -0.1) is 15.3 Å². The molecule has 2 N–H and O–H groups in total. The third kappa shape index (κ3) is 3.71. The summed E-state index contributed by atoms with van der Waals surface area (Å²) in [6.07, 6.45) is 0. The molecule has 0 saturated carbocycles. The summed E-state index contributed by atoms with van der Waals surface area (Å²) >= 11 is 0. The van der Waals surface area contributed by atoms with E-state index in [4.69, 9.17) is 0 Å². The van der Waals surface area contributed by atoms with Crippen molar-refractivity contribution in [2.45, 2.75) is 20.4 Å². The van der Waals surface area contributed by atoms with Crippen molar-refractivity contribution in [2.24, 2.45) is 0 Å². The third-order valence-electron chi connectivity index (χ3n) is 3.82. The smallest absolute Gasteiger partial charge is 0.319 e. The number of carbonyl (C=O) groups is 1. The number of nitrogens with one attached hydrogen (secondary N) is 2. The van der Waals surface area contributed by atoms with Crippen LogP contribution in [0, 0.1) is 12.7 Å². The maximum Gasteiger partial charge on any atom is 0.319 e. The molecule has 1 aromatic carbocycles. The summed E-state index contributed by atoms with van der Waals surface area (Å²) < 4.78 is 14.7. The van der Waals surface area contributed by atoms with Gasteiger partial charge in [0.15, 0.2) is 11.6 Å². The number of amides is 2. The molecule has 26 heavy (non-hydrogen) atoms. The predicted molar refractivity (Wildman–Crippen MR) is 96.7 cm³/mol. The summed E-state index contributed by atoms with van der Waals surface area (Å²) in [6, 6.07) is 7.71. The molecule has 0 spiro atoms. The van der Waals surface area contributed by atoms with Gasteiger partial charge in [0.1, 0.15) is 5.82 Å². The van der Waals surface area contributed by atoms with E-state index in [-0.39, 0.29) is 11.8 Å². The first-order chi connectivity index (χ1) is 12.5. The molecule has 0 unspecified atom stereocenters. The van der Waals surface area contributed by atoms with Gasteiger partial charge in [-0.2, -0.15) is 4.52 Å². The molecule has 9 heteroatoms. The Labute approximate surface area is 150 Å². The summed E-state index contributed by atoms with van der Waals surface area (Å²) in [5.74, 6) is 0.956. The lowest BCUT2D eigenvalue weighted by molar-refractivity contribution is 0.252. The number of anilines is 2. The standard InChI is InChI=1S/C17H20FN7O/c1-4-19-17(26)20-14-9-15(23-25-11(2)21-22-16(14)25)24(3)10-12-5-7-13(18)8-6-12/h5-9H,4,10H2,1-3H3,(H2,19,20,26). The van der Waals surface area contributed by atoms with Gasteiger partial charge in [-0.25, -0.2) is 9.18 Å². The fourth-order valence-corrected chi connectivity index (χ4v) is 2.52. The minimum absolute atomic E-state index is 0.274. The van der Waals surface area contributed by atoms with Crippen molar-refractivity contribution < 1.29 is 9.18 Å². The highest BCUT2D eigenvalue weighted by atomic mass is 19.1. The van der Waals surface area contributed by atoms with Gasteiger partial charge < -0.3 is 15.5 Å². The fraction of sp³-hybridized carbons (Fsp3) is 0.294. The van der Waals surface area contributed by atoms with E-state index in [0.717, 1.165) is 5.56 Å². The van der Waals surface area contributed by atoms with E-state index >= 15 is 0 Å². The molecule has 0 aliphatic rings. The summed E-state index contributed by atoms with van der Waals surface area (Å²) in [7, 11) is 1.87. The summed E-state index contributed by atoms with van der Waals surface area (Å²) in [5, 5.41) is 18.1. The van der Waals surface area contributed by atoms with E-state index in [1.54, 1.807) is 29.6 Å². The Morgan fingerprint density at radius 3 is 2.69 bits per heavy atom. The van der Waals surface area contributed by atoms with Gasteiger partial charge in [0.2, 0.25) is 5.65 Å². The van der Waals surface area contributed by atoms with Gasteiger partial charge in [-0.05, 0) is 31.5 Å². The molecule has 2 amide bonds. The molecule has 2 heterocycles. The molecule has 0 fully saturated rings. The fourth-order valence-electron chi connectivity index (χ4n) is 2.52. The number of hydrogen-bond donors (Lipinski definition) is 2. The number of aryl methyl sites for hydroxylation is 1. The van der Waals surface area contributed by atoms with Crippen LogP contribution in [0.2, 0.25) is 0 Å². The van der Waals surface area contributed by atoms with Crippen molar-refractivity contribution in [3.63, 3.8) is 0 Å². The molecule has 8 nitrogen and oxygen atoms in total. The van der Waals surface area contributed by atoms with Crippen molar-refractivity contribution in [2.75, 3.05) is 23.8 Å². The Hall–Kier alpha value is -3.23. The Morgan fingerprint density at radius 2 is 2.00 bits per heavy atom. The van der Waals surface area contributed by atoms with E-state index in [1.807, 2.05) is 18.9 Å². The topological polar surface area (TPSA) is 87.5 Å². The summed E-state index contributed by atoms with van der Waals surface area (Å²) in [5.41, 5.74) is 1.91. The minimum Gasteiger partial charge on any atom is -0.354 e. The Kier molecular flexibility index (Phi) is 4.97. The monoisotopic (exact) mass is 357 g/mol. The van der Waals surface area contributed by atoms with Gasteiger partial charge in [-0.1, -0.05) is 12.1 Å². The van der Waals surface area contributed by atoms with Crippen LogP contribution in [0.4, 0.5) is 20.7 Å². The molecule has 136 valence electrons. The van der Waals surface area contributed by atoms with Crippen molar-refractivity contribution in [3.05, 3.63) is 47.5 Å². The lowest BCUT2D eigenvalue weighted by Crippen LogP contribution is -2.29. The number of fused-ring (bicyclic) bond motifs is 1. The maximum absolute atomic E-state index is 13.1. The average molecular weight is 357 g/mol. The van der Waals surface area contributed by atoms with Crippen LogP contribution in [-0.4, -0.2) is 39.4 Å². The van der Waals surface area contributed by atoms with E-state index in [9.17, 15) is 9.18 Å². The number of benzene rings is 1. The number of nitrogens with zero attached hydrogens (tertiary/aromatic N) is 5. The van der Waals surface area contributed by atoms with Crippen LogP contribution < -0.4 is 15.5 Å². The lowest BCUT2D eigenvalue weighted by atomic mass is 10.2. The molecule has 0 saturated heterocycles. The molecule has 2 aromatic heterocycles. The van der Waals surface area contributed by atoms with Gasteiger partial charge >= 0.3 is 6.03 Å². The Morgan fingerprint density at radius 1 is 1.27 bits per heavy atom. The quantitative estimate of drug-likeness (QED) is 0.732. The van der Waals surface area contributed by atoms with Crippen molar-refractivity contribution in [1.29, 1.82) is 0 Å². The van der Waals surface area contributed by atoms with E-state index in [2.05, 4.69) is 25.9 Å². The number of aromatic nitrogens is 4. The zero-order valence-electron chi connectivity index (χ0n) is 14.8. The summed E-state index contributed by atoms with van der Waals surface area (Å²) in [4.78, 5) is 13.8. The molecule has 3 aromatic rings. The second-order valence-electron chi connectivity index (χ2n) is 5.87. The number of carbonyl (C=O) groups excluding carboxylic acids is 1. The lowest BCUT2D eigenvalue weighted by Gasteiger charge is -2.19. The number of halogens is 1. The van der Waals surface area contributed by atoms with Gasteiger partial charge in [0.05, 0.1) is 5.69 Å². The van der Waals surface area contributed by atoms with Crippen LogP contribution >= 0.6 is 0 Å². The van der Waals surface area contributed by atoms with Gasteiger partial charge in [0.25, 0.3) is 0 Å². The molecule has 0 atom stereocenters. The van der Waals surface area contributed by atoms with Crippen molar-refractivity contribution >= 4 is 23.2 Å². The molecule has 0 aliphatic heterocycles. The second kappa shape index (κ2) is 7.34. The van der Waals surface area contributed by atoms with Crippen molar-refractivity contribution in [3.8, 4) is 0 Å². The number of urea groups is 1. The van der Waals surface area contributed by atoms with Gasteiger partial charge in [-0.3, -0.25) is 0 Å². The van der Waals surface area contributed by atoms with Crippen LogP contribution in [0.1, 0.15) is 18.3 Å². The van der Waals surface area contributed by atoms with Crippen LogP contribution in [-0.2, 0) is 6.54 Å². The molecule has 3 rings (SSSR count). The van der Waals surface area contributed by atoms with Crippen LogP contribution in [0.3, 0.4) is 0 Å². The molecule has 0 bridgehead atoms. The van der Waals surface area contributed by atoms with Crippen LogP contribution in [0.15, 0.2) is 30.3 Å². The highest BCUT2D eigenvalue weighted by Gasteiger charge is 2.15. The molecular weight excluding hydrogens is 337 g/mol. The first-order valence-electron chi connectivity index (χ1n) is 8.21. The molecular formula is C17H20FN7O. The van der Waals surface area contributed by atoms with Crippen LogP contribution in [0.25, 0.3) is 5.65 Å². The SMILES string of the molecule is CCNC(=O)Nc1cc(N(C)Cc2ccc(F)cc2)nn2c(C)nnc12. The second-order valence-corrected chi connectivity index (χ2v) is 5.87. The normalized spacial score (nSPS) is 10.8. The van der Waals surface area contributed by atoms with Gasteiger partial charge in [0, 0.05) is 26.2 Å². The minimum atomic E-state index is -0.326. The van der Waals surface area contributed by atoms with Crippen LogP contribution in [0.5, 0.6) is 0 Å². The third-order valence-corrected chi connectivity index (χ3v) is 3.82. The predicted octanol–water partition coefficient (Wildman–Crippen LogP) is 2.35. The van der Waals surface area contributed by atoms with E-state index in [1.165, 1.54) is 12.1 Å². The molecule has 0 aliphatic carbocycles. The highest BCUT2D eigenvalue weighted by Crippen LogP contribution is 2.22.